The Labute approximate surface area is 186 Å². The zero-order valence-electron chi connectivity index (χ0n) is 17.7. The molecule has 7 heteroatoms. The summed E-state index contributed by atoms with van der Waals surface area (Å²) in [4.78, 5) is 31.1. The van der Waals surface area contributed by atoms with Crippen molar-refractivity contribution in [2.45, 2.75) is 32.1 Å². The molecule has 31 heavy (non-hydrogen) atoms. The van der Waals surface area contributed by atoms with Gasteiger partial charge >= 0.3 is 0 Å². The van der Waals surface area contributed by atoms with E-state index >= 15 is 0 Å². The summed E-state index contributed by atoms with van der Waals surface area (Å²) < 4.78 is 1.19. The highest BCUT2D eigenvalue weighted by Gasteiger charge is 2.27. The van der Waals surface area contributed by atoms with Gasteiger partial charge in [-0.2, -0.15) is 5.10 Å². The molecule has 1 aliphatic heterocycles. The van der Waals surface area contributed by atoms with Gasteiger partial charge < -0.3 is 4.90 Å². The summed E-state index contributed by atoms with van der Waals surface area (Å²) in [6.45, 7) is 3.27. The molecule has 0 radical (unpaired) electrons. The van der Waals surface area contributed by atoms with E-state index in [1.807, 2.05) is 36.1 Å². The van der Waals surface area contributed by atoms with Crippen LogP contribution in [0.15, 0.2) is 53.3 Å². The van der Waals surface area contributed by atoms with Crippen LogP contribution in [0.4, 0.5) is 0 Å². The van der Waals surface area contributed by atoms with E-state index in [4.69, 9.17) is 16.6 Å². The topological polar surface area (TPSA) is 68.1 Å². The highest BCUT2D eigenvalue weighted by atomic mass is 35.5. The van der Waals surface area contributed by atoms with Gasteiger partial charge in [0.25, 0.3) is 11.5 Å². The van der Waals surface area contributed by atoms with Crippen molar-refractivity contribution in [2.24, 2.45) is 7.05 Å². The monoisotopic (exact) mass is 436 g/mol. The molecule has 4 rings (SSSR count). The summed E-state index contributed by atoms with van der Waals surface area (Å²) in [5.74, 6) is 0.0133. The Morgan fingerprint density at radius 1 is 1.19 bits per heavy atom. The molecule has 1 aromatic carbocycles. The number of pyridine rings is 1. The summed E-state index contributed by atoms with van der Waals surface area (Å²) in [6.07, 6.45) is 2.62. The lowest BCUT2D eigenvalue weighted by Gasteiger charge is -2.32. The molecule has 0 unspecified atom stereocenters. The molecule has 0 spiro atoms. The van der Waals surface area contributed by atoms with Crippen molar-refractivity contribution in [3.8, 4) is 0 Å². The number of amides is 1. The first kappa shape index (κ1) is 21.2. The number of halogens is 1. The molecule has 1 atom stereocenters. The Morgan fingerprint density at radius 3 is 2.77 bits per heavy atom. The maximum absolute atomic E-state index is 13.0. The highest BCUT2D eigenvalue weighted by molar-refractivity contribution is 6.31. The third-order valence-corrected chi connectivity index (χ3v) is 6.06. The molecule has 0 bridgehead atoms. The Kier molecular flexibility index (Phi) is 6.18. The van der Waals surface area contributed by atoms with Gasteiger partial charge in [0, 0.05) is 48.5 Å². The predicted molar refractivity (Wildman–Crippen MR) is 121 cm³/mol. The van der Waals surface area contributed by atoms with Crippen molar-refractivity contribution in [1.29, 1.82) is 0 Å². The first-order valence-electron chi connectivity index (χ1n) is 10.4. The normalized spacial score (nSPS) is 16.4. The van der Waals surface area contributed by atoms with E-state index in [9.17, 15) is 9.59 Å². The molecule has 1 fully saturated rings. The van der Waals surface area contributed by atoms with Crippen molar-refractivity contribution in [1.82, 2.24) is 19.7 Å². The zero-order valence-corrected chi connectivity index (χ0v) is 18.5. The molecule has 3 heterocycles. The number of hydrogen-bond acceptors (Lipinski definition) is 4. The minimum atomic E-state index is -0.233. The molecule has 0 aliphatic carbocycles. The summed E-state index contributed by atoms with van der Waals surface area (Å²) in [5.41, 5.74) is 4.28. The largest absolute Gasteiger partial charge is 0.337 e. The molecule has 1 aliphatic rings. The summed E-state index contributed by atoms with van der Waals surface area (Å²) in [5, 5.41) is 4.88. The van der Waals surface area contributed by atoms with Crippen molar-refractivity contribution in [3.63, 3.8) is 0 Å². The SMILES string of the molecule is Cc1cc(Cc2ccccc2Cl)cc([C@@H]2CCCN(C(=O)c3ccc(=O)n(C)n3)C2)n1. The number of piperidine rings is 1. The van der Waals surface area contributed by atoms with Crippen LogP contribution >= 0.6 is 11.6 Å². The van der Waals surface area contributed by atoms with Crippen LogP contribution in [-0.2, 0) is 13.5 Å². The standard InChI is InChI=1S/C24H25ClN4O2/c1-16-12-17(13-18-6-3-4-8-20(18)25)14-22(26-16)19-7-5-11-29(15-19)24(31)21-9-10-23(30)28(2)27-21/h3-4,6,8-10,12,14,19H,5,7,11,13,15H2,1-2H3/t19-/m1/s1. The van der Waals surface area contributed by atoms with E-state index in [0.717, 1.165) is 41.2 Å². The maximum Gasteiger partial charge on any atom is 0.274 e. The number of aryl methyl sites for hydroxylation is 2. The number of aromatic nitrogens is 3. The molecule has 2 aromatic heterocycles. The molecular weight excluding hydrogens is 412 g/mol. The number of carbonyl (C=O) groups excluding carboxylic acids is 1. The third-order valence-electron chi connectivity index (χ3n) is 5.69. The average Bonchev–Trinajstić information content (AvgIpc) is 2.76. The van der Waals surface area contributed by atoms with Crippen molar-refractivity contribution in [2.75, 3.05) is 13.1 Å². The summed E-state index contributed by atoms with van der Waals surface area (Å²) in [7, 11) is 1.55. The Balaban J connectivity index is 1.54. The Bertz CT molecular complexity index is 1170. The van der Waals surface area contributed by atoms with Crippen LogP contribution in [0, 0.1) is 6.92 Å². The van der Waals surface area contributed by atoms with Crippen LogP contribution in [0.5, 0.6) is 0 Å². The molecule has 160 valence electrons. The molecule has 3 aromatic rings. The number of nitrogens with zero attached hydrogens (tertiary/aromatic N) is 4. The van der Waals surface area contributed by atoms with Crippen LogP contribution < -0.4 is 5.56 Å². The van der Waals surface area contributed by atoms with E-state index in [1.54, 1.807) is 7.05 Å². The number of hydrogen-bond donors (Lipinski definition) is 0. The van der Waals surface area contributed by atoms with Crippen LogP contribution in [-0.4, -0.2) is 38.7 Å². The van der Waals surface area contributed by atoms with Crippen molar-refractivity contribution < 1.29 is 4.79 Å². The summed E-state index contributed by atoms with van der Waals surface area (Å²) >= 11 is 6.35. The van der Waals surface area contributed by atoms with Crippen LogP contribution in [0.1, 0.15) is 51.8 Å². The van der Waals surface area contributed by atoms with Gasteiger partial charge in [0.05, 0.1) is 0 Å². The van der Waals surface area contributed by atoms with Crippen LogP contribution in [0.25, 0.3) is 0 Å². The highest BCUT2D eigenvalue weighted by Crippen LogP contribution is 2.28. The second-order valence-electron chi connectivity index (χ2n) is 8.08. The number of rotatable bonds is 4. The van der Waals surface area contributed by atoms with Gasteiger partial charge in [0.2, 0.25) is 0 Å². The Morgan fingerprint density at radius 2 is 2.00 bits per heavy atom. The van der Waals surface area contributed by atoms with E-state index in [-0.39, 0.29) is 17.4 Å². The van der Waals surface area contributed by atoms with E-state index in [1.165, 1.54) is 22.4 Å². The lowest BCUT2D eigenvalue weighted by Crippen LogP contribution is -2.40. The van der Waals surface area contributed by atoms with Gasteiger partial charge in [-0.15, -0.1) is 0 Å². The first-order valence-corrected chi connectivity index (χ1v) is 10.8. The van der Waals surface area contributed by atoms with Gasteiger partial charge in [-0.1, -0.05) is 29.8 Å². The molecule has 6 nitrogen and oxygen atoms in total. The van der Waals surface area contributed by atoms with Crippen LogP contribution in [0.2, 0.25) is 5.02 Å². The third kappa shape index (κ3) is 4.85. The quantitative estimate of drug-likeness (QED) is 0.624. The fourth-order valence-corrected chi connectivity index (χ4v) is 4.32. The minimum absolute atomic E-state index is 0.149. The second kappa shape index (κ2) is 9.02. The number of carbonyl (C=O) groups is 1. The summed E-state index contributed by atoms with van der Waals surface area (Å²) in [6, 6.07) is 15.0. The number of likely N-dealkylation sites (tertiary alicyclic amines) is 1. The molecule has 0 N–H and O–H groups in total. The fraction of sp³-hybridized carbons (Fsp3) is 0.333. The zero-order chi connectivity index (χ0) is 22.0. The van der Waals surface area contributed by atoms with E-state index in [0.29, 0.717) is 18.8 Å². The van der Waals surface area contributed by atoms with Crippen molar-refractivity contribution >= 4 is 17.5 Å². The molecular formula is C24H25ClN4O2. The smallest absolute Gasteiger partial charge is 0.274 e. The van der Waals surface area contributed by atoms with Crippen LogP contribution in [0.3, 0.4) is 0 Å². The lowest BCUT2D eigenvalue weighted by molar-refractivity contribution is 0.0697. The molecule has 0 saturated carbocycles. The lowest BCUT2D eigenvalue weighted by atomic mass is 9.92. The maximum atomic E-state index is 13.0. The minimum Gasteiger partial charge on any atom is -0.337 e. The molecule has 1 saturated heterocycles. The van der Waals surface area contributed by atoms with Gasteiger partial charge in [0.1, 0.15) is 5.69 Å². The van der Waals surface area contributed by atoms with Gasteiger partial charge in [0.15, 0.2) is 0 Å². The van der Waals surface area contributed by atoms with Gasteiger partial charge in [-0.3, -0.25) is 14.6 Å². The van der Waals surface area contributed by atoms with E-state index in [2.05, 4.69) is 17.2 Å². The average molecular weight is 437 g/mol. The fourth-order valence-electron chi connectivity index (χ4n) is 4.12. The number of benzene rings is 1. The Hall–Kier alpha value is -2.99. The van der Waals surface area contributed by atoms with Gasteiger partial charge in [-0.05, 0) is 61.6 Å². The first-order chi connectivity index (χ1) is 14.9. The predicted octanol–water partition coefficient (Wildman–Crippen LogP) is 3.75. The van der Waals surface area contributed by atoms with Gasteiger partial charge in [-0.25, -0.2) is 4.68 Å². The van der Waals surface area contributed by atoms with Crippen molar-refractivity contribution in [3.05, 3.63) is 92.1 Å². The molecule has 1 amide bonds. The second-order valence-corrected chi connectivity index (χ2v) is 8.49. The van der Waals surface area contributed by atoms with E-state index < -0.39 is 0 Å².